The van der Waals surface area contributed by atoms with E-state index in [2.05, 4.69) is 5.32 Å². The standard InChI is InChI=1S/C12H16ClNO2/c1-2-14-7-6-12(15)16-9-10-4-3-5-11(13)8-10/h3-5,8,14H,2,6-7,9H2,1H3. The molecule has 0 aliphatic carbocycles. The SMILES string of the molecule is CCNCCC(=O)OCc1cccc(Cl)c1. The van der Waals surface area contributed by atoms with Crippen LogP contribution in [0.15, 0.2) is 24.3 Å². The zero-order valence-corrected chi connectivity index (χ0v) is 10.1. The molecule has 0 amide bonds. The summed E-state index contributed by atoms with van der Waals surface area (Å²) in [5, 5.41) is 3.72. The lowest BCUT2D eigenvalue weighted by Gasteiger charge is -2.05. The second-order valence-electron chi connectivity index (χ2n) is 3.39. The molecule has 0 aromatic heterocycles. The van der Waals surface area contributed by atoms with E-state index in [4.69, 9.17) is 16.3 Å². The van der Waals surface area contributed by atoms with Gasteiger partial charge in [0.15, 0.2) is 0 Å². The van der Waals surface area contributed by atoms with Gasteiger partial charge in [-0.1, -0.05) is 30.7 Å². The molecule has 4 heteroatoms. The summed E-state index contributed by atoms with van der Waals surface area (Å²) in [6, 6.07) is 7.30. The van der Waals surface area contributed by atoms with Gasteiger partial charge >= 0.3 is 5.97 Å². The van der Waals surface area contributed by atoms with E-state index in [1.54, 1.807) is 12.1 Å². The van der Waals surface area contributed by atoms with E-state index >= 15 is 0 Å². The number of halogens is 1. The molecule has 1 N–H and O–H groups in total. The topological polar surface area (TPSA) is 38.3 Å². The molecule has 88 valence electrons. The second-order valence-corrected chi connectivity index (χ2v) is 3.83. The lowest BCUT2D eigenvalue weighted by atomic mass is 10.2. The second kappa shape index (κ2) is 7.25. The number of hydrogen-bond donors (Lipinski definition) is 1. The molecule has 0 bridgehead atoms. The number of rotatable bonds is 6. The van der Waals surface area contributed by atoms with Crippen LogP contribution < -0.4 is 5.32 Å². The molecule has 0 saturated heterocycles. The highest BCUT2D eigenvalue weighted by molar-refractivity contribution is 6.30. The third-order valence-electron chi connectivity index (χ3n) is 2.04. The maximum atomic E-state index is 11.3. The van der Waals surface area contributed by atoms with Crippen LogP contribution in [-0.2, 0) is 16.1 Å². The average Bonchev–Trinajstić information content (AvgIpc) is 2.27. The Morgan fingerprint density at radius 3 is 3.00 bits per heavy atom. The molecule has 3 nitrogen and oxygen atoms in total. The third-order valence-corrected chi connectivity index (χ3v) is 2.28. The fourth-order valence-corrected chi connectivity index (χ4v) is 1.44. The first kappa shape index (κ1) is 13.0. The van der Waals surface area contributed by atoms with E-state index in [9.17, 15) is 4.79 Å². The van der Waals surface area contributed by atoms with Crippen LogP contribution in [0.3, 0.4) is 0 Å². The normalized spacial score (nSPS) is 10.1. The summed E-state index contributed by atoms with van der Waals surface area (Å²) in [7, 11) is 0. The Kier molecular flexibility index (Phi) is 5.90. The summed E-state index contributed by atoms with van der Waals surface area (Å²) in [5.74, 6) is -0.194. The Hall–Kier alpha value is -1.06. The van der Waals surface area contributed by atoms with E-state index in [1.807, 2.05) is 19.1 Å². The lowest BCUT2D eigenvalue weighted by Crippen LogP contribution is -2.18. The van der Waals surface area contributed by atoms with Gasteiger partial charge in [-0.2, -0.15) is 0 Å². The molecule has 0 heterocycles. The molecule has 0 aliphatic rings. The Labute approximate surface area is 101 Å². The number of esters is 1. The minimum absolute atomic E-state index is 0.194. The first-order valence-corrected chi connectivity index (χ1v) is 5.71. The van der Waals surface area contributed by atoms with Gasteiger partial charge in [-0.05, 0) is 24.2 Å². The lowest BCUT2D eigenvalue weighted by molar-refractivity contribution is -0.144. The van der Waals surface area contributed by atoms with Crippen molar-refractivity contribution in [3.63, 3.8) is 0 Å². The summed E-state index contributed by atoms with van der Waals surface area (Å²) in [6.07, 6.45) is 0.397. The summed E-state index contributed by atoms with van der Waals surface area (Å²) >= 11 is 5.81. The van der Waals surface area contributed by atoms with Crippen molar-refractivity contribution in [3.05, 3.63) is 34.9 Å². The van der Waals surface area contributed by atoms with Crippen LogP contribution in [0.4, 0.5) is 0 Å². The van der Waals surface area contributed by atoms with Gasteiger partial charge in [0, 0.05) is 11.6 Å². The summed E-state index contributed by atoms with van der Waals surface area (Å²) < 4.78 is 5.09. The van der Waals surface area contributed by atoms with E-state index in [0.717, 1.165) is 12.1 Å². The van der Waals surface area contributed by atoms with E-state index in [1.165, 1.54) is 0 Å². The highest BCUT2D eigenvalue weighted by Crippen LogP contribution is 2.11. The molecule has 1 aromatic carbocycles. The molecule has 1 rings (SSSR count). The van der Waals surface area contributed by atoms with Crippen molar-refractivity contribution < 1.29 is 9.53 Å². The molecule has 0 atom stereocenters. The summed E-state index contributed by atoms with van der Waals surface area (Å²) in [6.45, 7) is 3.80. The highest BCUT2D eigenvalue weighted by atomic mass is 35.5. The maximum absolute atomic E-state index is 11.3. The number of benzene rings is 1. The minimum atomic E-state index is -0.194. The van der Waals surface area contributed by atoms with Gasteiger partial charge < -0.3 is 10.1 Å². The zero-order valence-electron chi connectivity index (χ0n) is 9.33. The summed E-state index contributed by atoms with van der Waals surface area (Å²) in [4.78, 5) is 11.3. The van der Waals surface area contributed by atoms with Crippen molar-refractivity contribution in [3.8, 4) is 0 Å². The van der Waals surface area contributed by atoms with Crippen LogP contribution in [0.1, 0.15) is 18.9 Å². The van der Waals surface area contributed by atoms with Crippen LogP contribution in [0.2, 0.25) is 5.02 Å². The van der Waals surface area contributed by atoms with Crippen molar-refractivity contribution in [2.24, 2.45) is 0 Å². The van der Waals surface area contributed by atoms with Crippen molar-refractivity contribution in [1.82, 2.24) is 5.32 Å². The quantitative estimate of drug-likeness (QED) is 0.614. The van der Waals surface area contributed by atoms with Crippen molar-refractivity contribution in [1.29, 1.82) is 0 Å². The van der Waals surface area contributed by atoms with Crippen LogP contribution in [0, 0.1) is 0 Å². The van der Waals surface area contributed by atoms with Crippen molar-refractivity contribution in [2.45, 2.75) is 20.0 Å². The van der Waals surface area contributed by atoms with Crippen LogP contribution >= 0.6 is 11.6 Å². The molecular formula is C12H16ClNO2. The highest BCUT2D eigenvalue weighted by Gasteiger charge is 2.02. The van der Waals surface area contributed by atoms with Gasteiger partial charge in [-0.15, -0.1) is 0 Å². The third kappa shape index (κ3) is 5.14. The zero-order chi connectivity index (χ0) is 11.8. The molecule has 0 radical (unpaired) electrons. The fraction of sp³-hybridized carbons (Fsp3) is 0.417. The Balaban J connectivity index is 2.26. The molecule has 0 fully saturated rings. The largest absolute Gasteiger partial charge is 0.461 e. The fourth-order valence-electron chi connectivity index (χ4n) is 1.23. The molecule has 1 aromatic rings. The first-order chi connectivity index (χ1) is 7.72. The van der Waals surface area contributed by atoms with Gasteiger partial charge in [-0.25, -0.2) is 0 Å². The number of carbonyl (C=O) groups is 1. The van der Waals surface area contributed by atoms with Crippen molar-refractivity contribution in [2.75, 3.05) is 13.1 Å². The van der Waals surface area contributed by atoms with Crippen molar-refractivity contribution >= 4 is 17.6 Å². The number of nitrogens with one attached hydrogen (secondary N) is 1. The van der Waals surface area contributed by atoms with Gasteiger partial charge in [0.1, 0.15) is 6.61 Å². The molecule has 0 unspecified atom stereocenters. The van der Waals surface area contributed by atoms with Gasteiger partial charge in [0.05, 0.1) is 6.42 Å². The van der Waals surface area contributed by atoms with Gasteiger partial charge in [-0.3, -0.25) is 4.79 Å². The van der Waals surface area contributed by atoms with Gasteiger partial charge in [0.25, 0.3) is 0 Å². The van der Waals surface area contributed by atoms with Crippen LogP contribution in [-0.4, -0.2) is 19.1 Å². The van der Waals surface area contributed by atoms with Crippen LogP contribution in [0.5, 0.6) is 0 Å². The minimum Gasteiger partial charge on any atom is -0.461 e. The average molecular weight is 242 g/mol. The predicted octanol–water partition coefficient (Wildman–Crippen LogP) is 2.38. The van der Waals surface area contributed by atoms with E-state index < -0.39 is 0 Å². The molecule has 0 spiro atoms. The molecular weight excluding hydrogens is 226 g/mol. The predicted molar refractivity (Wildman–Crippen MR) is 64.4 cm³/mol. The molecule has 0 aliphatic heterocycles. The van der Waals surface area contributed by atoms with Gasteiger partial charge in [0.2, 0.25) is 0 Å². The summed E-state index contributed by atoms with van der Waals surface area (Å²) in [5.41, 5.74) is 0.907. The van der Waals surface area contributed by atoms with Crippen LogP contribution in [0.25, 0.3) is 0 Å². The Bertz CT molecular complexity index is 342. The van der Waals surface area contributed by atoms with E-state index in [0.29, 0.717) is 18.0 Å². The number of carbonyl (C=O) groups excluding carboxylic acids is 1. The number of ether oxygens (including phenoxy) is 1. The molecule has 0 saturated carbocycles. The number of hydrogen-bond acceptors (Lipinski definition) is 3. The first-order valence-electron chi connectivity index (χ1n) is 5.33. The van der Waals surface area contributed by atoms with E-state index in [-0.39, 0.29) is 12.6 Å². The monoisotopic (exact) mass is 241 g/mol. The maximum Gasteiger partial charge on any atom is 0.307 e. The smallest absolute Gasteiger partial charge is 0.307 e. The molecule has 16 heavy (non-hydrogen) atoms. The Morgan fingerprint density at radius 2 is 2.31 bits per heavy atom. The Morgan fingerprint density at radius 1 is 1.50 bits per heavy atom.